The van der Waals surface area contributed by atoms with Crippen LogP contribution in [0.5, 0.6) is 0 Å². The monoisotopic (exact) mass is 186 g/mol. The fraction of sp³-hybridized carbons (Fsp3) is 1.00. The summed E-state index contributed by atoms with van der Waals surface area (Å²) in [6, 6.07) is 0. The van der Waals surface area contributed by atoms with Crippen LogP contribution in [0.15, 0.2) is 0 Å². The molecule has 0 aromatic rings. The highest BCUT2D eigenvalue weighted by molar-refractivity contribution is 4.92. The van der Waals surface area contributed by atoms with E-state index in [4.69, 9.17) is 4.74 Å². The fourth-order valence-corrected chi connectivity index (χ4v) is 2.44. The van der Waals surface area contributed by atoms with Gasteiger partial charge in [0, 0.05) is 7.11 Å². The van der Waals surface area contributed by atoms with Crippen LogP contribution in [0.1, 0.15) is 46.0 Å². The summed E-state index contributed by atoms with van der Waals surface area (Å²) in [5.41, 5.74) is -0.244. The van der Waals surface area contributed by atoms with Crippen molar-refractivity contribution >= 4 is 0 Å². The van der Waals surface area contributed by atoms with Gasteiger partial charge >= 0.3 is 0 Å². The van der Waals surface area contributed by atoms with Crippen LogP contribution in [-0.2, 0) is 4.74 Å². The van der Waals surface area contributed by atoms with Gasteiger partial charge in [-0.05, 0) is 25.2 Å². The van der Waals surface area contributed by atoms with Gasteiger partial charge in [-0.25, -0.2) is 0 Å². The molecule has 0 radical (unpaired) electrons. The highest BCUT2D eigenvalue weighted by Crippen LogP contribution is 2.36. The van der Waals surface area contributed by atoms with Crippen LogP contribution < -0.4 is 0 Å². The predicted molar refractivity (Wildman–Crippen MR) is 53.7 cm³/mol. The molecule has 1 aliphatic rings. The summed E-state index contributed by atoms with van der Waals surface area (Å²) < 4.78 is 5.55. The number of hydrogen-bond acceptors (Lipinski definition) is 2. The van der Waals surface area contributed by atoms with Crippen molar-refractivity contribution < 1.29 is 9.84 Å². The smallest absolute Gasteiger partial charge is 0.0938 e. The average molecular weight is 186 g/mol. The molecule has 2 unspecified atom stereocenters. The van der Waals surface area contributed by atoms with Crippen LogP contribution in [-0.4, -0.2) is 23.9 Å². The molecule has 0 aromatic heterocycles. The molecular weight excluding hydrogens is 164 g/mol. The normalized spacial score (nSPS) is 35.3. The maximum atomic E-state index is 9.94. The maximum absolute atomic E-state index is 9.94. The third-order valence-electron chi connectivity index (χ3n) is 3.10. The number of aliphatic hydroxyl groups excluding tert-OH is 1. The van der Waals surface area contributed by atoms with Crippen LogP contribution in [0, 0.1) is 5.92 Å². The minimum Gasteiger partial charge on any atom is -0.390 e. The van der Waals surface area contributed by atoms with Crippen LogP contribution in [0.4, 0.5) is 0 Å². The highest BCUT2D eigenvalue weighted by Gasteiger charge is 2.40. The van der Waals surface area contributed by atoms with Crippen molar-refractivity contribution in [1.82, 2.24) is 0 Å². The van der Waals surface area contributed by atoms with E-state index in [1.54, 1.807) is 7.11 Å². The van der Waals surface area contributed by atoms with Gasteiger partial charge in [0.05, 0.1) is 11.7 Å². The van der Waals surface area contributed by atoms with Gasteiger partial charge in [-0.15, -0.1) is 0 Å². The molecule has 2 nitrogen and oxygen atoms in total. The van der Waals surface area contributed by atoms with Crippen LogP contribution in [0.25, 0.3) is 0 Å². The molecule has 1 fully saturated rings. The van der Waals surface area contributed by atoms with E-state index in [-0.39, 0.29) is 11.7 Å². The molecule has 78 valence electrons. The maximum Gasteiger partial charge on any atom is 0.0938 e. The minimum absolute atomic E-state index is 0.244. The summed E-state index contributed by atoms with van der Waals surface area (Å²) in [6.45, 7) is 4.37. The van der Waals surface area contributed by atoms with Crippen LogP contribution in [0.2, 0.25) is 0 Å². The van der Waals surface area contributed by atoms with Crippen molar-refractivity contribution in [3.05, 3.63) is 0 Å². The van der Waals surface area contributed by atoms with E-state index in [0.29, 0.717) is 5.92 Å². The summed E-state index contributed by atoms with van der Waals surface area (Å²) in [5.74, 6) is 0.590. The molecule has 1 N–H and O–H groups in total. The molecule has 0 bridgehead atoms. The molecule has 2 atom stereocenters. The van der Waals surface area contributed by atoms with E-state index in [1.165, 1.54) is 6.42 Å². The van der Waals surface area contributed by atoms with Gasteiger partial charge in [-0.3, -0.25) is 0 Å². The summed E-state index contributed by atoms with van der Waals surface area (Å²) in [7, 11) is 1.73. The second-order valence-electron chi connectivity index (χ2n) is 4.63. The molecule has 0 aromatic carbocycles. The molecule has 13 heavy (non-hydrogen) atoms. The molecule has 0 saturated heterocycles. The van der Waals surface area contributed by atoms with Crippen molar-refractivity contribution in [1.29, 1.82) is 0 Å². The number of hydrogen-bond donors (Lipinski definition) is 1. The first kappa shape index (κ1) is 11.0. The molecule has 2 heteroatoms. The number of ether oxygens (including phenoxy) is 1. The van der Waals surface area contributed by atoms with Gasteiger partial charge in [0.25, 0.3) is 0 Å². The molecule has 1 rings (SSSR count). The van der Waals surface area contributed by atoms with Crippen molar-refractivity contribution in [2.75, 3.05) is 7.11 Å². The summed E-state index contributed by atoms with van der Waals surface area (Å²) in [4.78, 5) is 0. The lowest BCUT2D eigenvalue weighted by Crippen LogP contribution is -2.47. The molecular formula is C11H22O2. The van der Waals surface area contributed by atoms with Crippen LogP contribution >= 0.6 is 0 Å². The molecule has 0 amide bonds. The van der Waals surface area contributed by atoms with Crippen molar-refractivity contribution in [2.24, 2.45) is 5.92 Å². The van der Waals surface area contributed by atoms with E-state index in [0.717, 1.165) is 25.7 Å². The Balaban J connectivity index is 2.64. The van der Waals surface area contributed by atoms with Crippen molar-refractivity contribution in [3.8, 4) is 0 Å². The molecule has 1 saturated carbocycles. The topological polar surface area (TPSA) is 29.5 Å². The summed E-state index contributed by atoms with van der Waals surface area (Å²) in [6.07, 6.45) is 4.98. The van der Waals surface area contributed by atoms with Crippen LogP contribution in [0.3, 0.4) is 0 Å². The first-order valence-corrected chi connectivity index (χ1v) is 5.34. The van der Waals surface area contributed by atoms with E-state index in [2.05, 4.69) is 13.8 Å². The lowest BCUT2D eigenvalue weighted by Gasteiger charge is -2.41. The number of aliphatic hydroxyl groups is 1. The molecule has 1 aliphatic carbocycles. The Morgan fingerprint density at radius 2 is 2.15 bits per heavy atom. The Labute approximate surface area is 81.3 Å². The highest BCUT2D eigenvalue weighted by atomic mass is 16.5. The van der Waals surface area contributed by atoms with Gasteiger partial charge in [0.2, 0.25) is 0 Å². The van der Waals surface area contributed by atoms with Crippen molar-refractivity contribution in [3.63, 3.8) is 0 Å². The molecule has 0 heterocycles. The largest absolute Gasteiger partial charge is 0.390 e. The zero-order valence-corrected chi connectivity index (χ0v) is 9.05. The first-order valence-electron chi connectivity index (χ1n) is 5.34. The fourth-order valence-electron chi connectivity index (χ4n) is 2.44. The third kappa shape index (κ3) is 2.44. The van der Waals surface area contributed by atoms with E-state index < -0.39 is 0 Å². The Kier molecular flexibility index (Phi) is 3.74. The third-order valence-corrected chi connectivity index (χ3v) is 3.10. The Morgan fingerprint density at radius 3 is 2.62 bits per heavy atom. The van der Waals surface area contributed by atoms with E-state index in [1.807, 2.05) is 0 Å². The van der Waals surface area contributed by atoms with Gasteiger partial charge in [0.15, 0.2) is 0 Å². The average Bonchev–Trinajstić information content (AvgIpc) is 2.08. The SMILES string of the molecule is COC1(CC(C)C)CCCCC1O. The van der Waals surface area contributed by atoms with Gasteiger partial charge in [0.1, 0.15) is 0 Å². The Hall–Kier alpha value is -0.0800. The summed E-state index contributed by atoms with van der Waals surface area (Å²) in [5, 5.41) is 9.94. The van der Waals surface area contributed by atoms with Crippen molar-refractivity contribution in [2.45, 2.75) is 57.7 Å². The Morgan fingerprint density at radius 1 is 1.46 bits per heavy atom. The second kappa shape index (κ2) is 4.43. The first-order chi connectivity index (χ1) is 6.10. The molecule has 0 aliphatic heterocycles. The zero-order valence-electron chi connectivity index (χ0n) is 9.05. The Bertz CT molecular complexity index is 156. The summed E-state index contributed by atoms with van der Waals surface area (Å²) >= 11 is 0. The molecule has 0 spiro atoms. The number of rotatable bonds is 3. The van der Waals surface area contributed by atoms with E-state index >= 15 is 0 Å². The zero-order chi connectivity index (χ0) is 9.90. The lowest BCUT2D eigenvalue weighted by molar-refractivity contribution is -0.134. The van der Waals surface area contributed by atoms with Gasteiger partial charge in [-0.1, -0.05) is 26.7 Å². The van der Waals surface area contributed by atoms with Gasteiger partial charge in [-0.2, -0.15) is 0 Å². The predicted octanol–water partition coefficient (Wildman–Crippen LogP) is 2.35. The lowest BCUT2D eigenvalue weighted by atomic mass is 9.77. The van der Waals surface area contributed by atoms with Gasteiger partial charge < -0.3 is 9.84 Å². The standard InChI is InChI=1S/C11H22O2/c1-9(2)8-11(13-3)7-5-4-6-10(11)12/h9-10,12H,4-8H2,1-3H3. The van der Waals surface area contributed by atoms with E-state index in [9.17, 15) is 5.11 Å². The number of methoxy groups -OCH3 is 1. The quantitative estimate of drug-likeness (QED) is 0.733. The minimum atomic E-state index is -0.256. The second-order valence-corrected chi connectivity index (χ2v) is 4.63.